The molecule has 16 heavy (non-hydrogen) atoms. The summed E-state index contributed by atoms with van der Waals surface area (Å²) in [5, 5.41) is 5.89. The first-order valence-electron chi connectivity index (χ1n) is 5.64. The van der Waals surface area contributed by atoms with Gasteiger partial charge in [-0.2, -0.15) is 0 Å². The highest BCUT2D eigenvalue weighted by atomic mass is 15.0. The van der Waals surface area contributed by atoms with E-state index in [1.165, 1.54) is 16.3 Å². The van der Waals surface area contributed by atoms with E-state index in [2.05, 4.69) is 52.8 Å². The van der Waals surface area contributed by atoms with Crippen molar-refractivity contribution in [3.05, 3.63) is 48.0 Å². The number of benzene rings is 2. The quantitative estimate of drug-likeness (QED) is 0.808. The van der Waals surface area contributed by atoms with E-state index in [0.717, 1.165) is 13.0 Å². The molecule has 1 N–H and O–H groups in total. The minimum atomic E-state index is 0.473. The SMILES string of the molecule is C1=NC[C@@H](Cc2ccc3ccccc3c2)N1. The summed E-state index contributed by atoms with van der Waals surface area (Å²) in [4.78, 5) is 4.19. The van der Waals surface area contributed by atoms with E-state index in [9.17, 15) is 0 Å². The molecular weight excluding hydrogens is 196 g/mol. The second kappa shape index (κ2) is 3.97. The molecule has 0 saturated carbocycles. The van der Waals surface area contributed by atoms with Crippen molar-refractivity contribution in [2.24, 2.45) is 4.99 Å². The van der Waals surface area contributed by atoms with Crippen LogP contribution in [0.4, 0.5) is 0 Å². The molecule has 1 heterocycles. The first-order chi connectivity index (χ1) is 7.92. The van der Waals surface area contributed by atoms with Crippen molar-refractivity contribution in [1.29, 1.82) is 0 Å². The summed E-state index contributed by atoms with van der Waals surface area (Å²) in [6.45, 7) is 0.896. The van der Waals surface area contributed by atoms with Gasteiger partial charge in [0.2, 0.25) is 0 Å². The Kier molecular flexibility index (Phi) is 2.33. The molecule has 2 heteroatoms. The summed E-state index contributed by atoms with van der Waals surface area (Å²) in [6.07, 6.45) is 2.86. The van der Waals surface area contributed by atoms with Crippen molar-refractivity contribution in [3.8, 4) is 0 Å². The largest absolute Gasteiger partial charge is 0.372 e. The Bertz CT molecular complexity index is 523. The van der Waals surface area contributed by atoms with Gasteiger partial charge in [0.25, 0.3) is 0 Å². The van der Waals surface area contributed by atoms with Gasteiger partial charge in [0.1, 0.15) is 0 Å². The fraction of sp³-hybridized carbons (Fsp3) is 0.214. The third-order valence-electron chi connectivity index (χ3n) is 3.02. The molecule has 1 aliphatic heterocycles. The van der Waals surface area contributed by atoms with Crippen LogP contribution in [-0.4, -0.2) is 18.9 Å². The Hall–Kier alpha value is -1.83. The predicted octanol–water partition coefficient (Wildman–Crippen LogP) is 2.38. The van der Waals surface area contributed by atoms with Gasteiger partial charge in [0.15, 0.2) is 0 Å². The molecule has 0 unspecified atom stereocenters. The van der Waals surface area contributed by atoms with E-state index < -0.39 is 0 Å². The Balaban J connectivity index is 1.87. The van der Waals surface area contributed by atoms with E-state index >= 15 is 0 Å². The van der Waals surface area contributed by atoms with Crippen LogP contribution in [-0.2, 0) is 6.42 Å². The average molecular weight is 210 g/mol. The molecule has 1 atom stereocenters. The number of aliphatic imine (C=N–C) groups is 1. The van der Waals surface area contributed by atoms with Gasteiger partial charge in [-0.05, 0) is 22.8 Å². The van der Waals surface area contributed by atoms with Gasteiger partial charge in [0.05, 0.1) is 18.9 Å². The van der Waals surface area contributed by atoms with Crippen LogP contribution >= 0.6 is 0 Å². The molecule has 2 aromatic rings. The first kappa shape index (κ1) is 9.40. The minimum Gasteiger partial charge on any atom is -0.372 e. The van der Waals surface area contributed by atoms with Crippen LogP contribution in [0, 0.1) is 0 Å². The van der Waals surface area contributed by atoms with E-state index in [1.54, 1.807) is 0 Å². The van der Waals surface area contributed by atoms with E-state index in [4.69, 9.17) is 0 Å². The first-order valence-corrected chi connectivity index (χ1v) is 5.64. The second-order valence-corrected chi connectivity index (χ2v) is 4.24. The van der Waals surface area contributed by atoms with Gasteiger partial charge >= 0.3 is 0 Å². The number of nitrogens with zero attached hydrogens (tertiary/aromatic N) is 1. The van der Waals surface area contributed by atoms with Crippen LogP contribution in [0.15, 0.2) is 47.5 Å². The van der Waals surface area contributed by atoms with Crippen LogP contribution in [0.2, 0.25) is 0 Å². The fourth-order valence-electron chi connectivity index (χ4n) is 2.16. The summed E-state index contributed by atoms with van der Waals surface area (Å²) >= 11 is 0. The lowest BCUT2D eigenvalue weighted by atomic mass is 10.0. The second-order valence-electron chi connectivity index (χ2n) is 4.24. The van der Waals surface area contributed by atoms with Crippen molar-refractivity contribution in [2.45, 2.75) is 12.5 Å². The molecule has 3 rings (SSSR count). The molecule has 2 nitrogen and oxygen atoms in total. The van der Waals surface area contributed by atoms with Crippen LogP contribution in [0.5, 0.6) is 0 Å². The van der Waals surface area contributed by atoms with Gasteiger partial charge in [0, 0.05) is 0 Å². The Morgan fingerprint density at radius 1 is 1.12 bits per heavy atom. The molecular formula is C14H14N2. The third-order valence-corrected chi connectivity index (χ3v) is 3.02. The van der Waals surface area contributed by atoms with Gasteiger partial charge in [-0.25, -0.2) is 0 Å². The summed E-state index contributed by atoms with van der Waals surface area (Å²) in [5.41, 5.74) is 1.38. The van der Waals surface area contributed by atoms with Gasteiger partial charge in [-0.1, -0.05) is 42.5 Å². The highest BCUT2D eigenvalue weighted by Gasteiger charge is 2.10. The summed E-state index contributed by atoms with van der Waals surface area (Å²) in [7, 11) is 0. The van der Waals surface area contributed by atoms with Gasteiger partial charge < -0.3 is 5.32 Å². The lowest BCUT2D eigenvalue weighted by Gasteiger charge is -2.10. The lowest BCUT2D eigenvalue weighted by molar-refractivity contribution is 0.657. The van der Waals surface area contributed by atoms with Crippen molar-refractivity contribution < 1.29 is 0 Å². The molecule has 0 radical (unpaired) electrons. The molecule has 0 amide bonds. The molecule has 0 fully saturated rings. The number of nitrogens with one attached hydrogen (secondary N) is 1. The third kappa shape index (κ3) is 1.78. The molecule has 0 aliphatic carbocycles. The maximum Gasteiger partial charge on any atom is 0.0827 e. The predicted molar refractivity (Wildman–Crippen MR) is 67.9 cm³/mol. The number of fused-ring (bicyclic) bond motifs is 1. The summed E-state index contributed by atoms with van der Waals surface area (Å²) in [5.74, 6) is 0. The van der Waals surface area contributed by atoms with Gasteiger partial charge in [-0.3, -0.25) is 4.99 Å². The minimum absolute atomic E-state index is 0.473. The van der Waals surface area contributed by atoms with Crippen LogP contribution < -0.4 is 5.32 Å². The van der Waals surface area contributed by atoms with Crippen molar-refractivity contribution in [3.63, 3.8) is 0 Å². The average Bonchev–Trinajstić information content (AvgIpc) is 2.82. The molecule has 0 aromatic heterocycles. The molecule has 0 spiro atoms. The Labute approximate surface area is 95.0 Å². The van der Waals surface area contributed by atoms with E-state index in [0.29, 0.717) is 6.04 Å². The number of hydrogen-bond acceptors (Lipinski definition) is 2. The highest BCUT2D eigenvalue weighted by molar-refractivity contribution is 5.83. The van der Waals surface area contributed by atoms with E-state index in [1.807, 2.05) is 6.34 Å². The molecule has 1 aliphatic rings. The van der Waals surface area contributed by atoms with E-state index in [-0.39, 0.29) is 0 Å². The number of hydrogen-bond donors (Lipinski definition) is 1. The lowest BCUT2D eigenvalue weighted by Crippen LogP contribution is -2.26. The fourth-order valence-corrected chi connectivity index (χ4v) is 2.16. The monoisotopic (exact) mass is 210 g/mol. The number of rotatable bonds is 2. The molecule has 2 aromatic carbocycles. The molecule has 0 saturated heterocycles. The van der Waals surface area contributed by atoms with Crippen molar-refractivity contribution in [2.75, 3.05) is 6.54 Å². The maximum atomic E-state index is 4.19. The zero-order valence-electron chi connectivity index (χ0n) is 9.06. The topological polar surface area (TPSA) is 24.4 Å². The van der Waals surface area contributed by atoms with Crippen LogP contribution in [0.3, 0.4) is 0 Å². The van der Waals surface area contributed by atoms with Crippen LogP contribution in [0.25, 0.3) is 10.8 Å². The molecule has 0 bridgehead atoms. The standard InChI is InChI=1S/C14H14N2/c1-2-4-13-7-11(5-6-12(13)3-1)8-14-9-15-10-16-14/h1-7,10,14H,8-9H2,(H,15,16)/t14-/m1/s1. The van der Waals surface area contributed by atoms with Gasteiger partial charge in [-0.15, -0.1) is 0 Å². The maximum absolute atomic E-state index is 4.19. The summed E-state index contributed by atoms with van der Waals surface area (Å²) < 4.78 is 0. The normalized spacial score (nSPS) is 18.9. The smallest absolute Gasteiger partial charge is 0.0827 e. The summed E-state index contributed by atoms with van der Waals surface area (Å²) in [6, 6.07) is 15.6. The Morgan fingerprint density at radius 3 is 2.81 bits per heavy atom. The molecule has 80 valence electrons. The zero-order chi connectivity index (χ0) is 10.8. The highest BCUT2D eigenvalue weighted by Crippen LogP contribution is 2.16. The van der Waals surface area contributed by atoms with Crippen molar-refractivity contribution in [1.82, 2.24) is 5.32 Å². The zero-order valence-corrected chi connectivity index (χ0v) is 9.06. The van der Waals surface area contributed by atoms with Crippen molar-refractivity contribution >= 4 is 17.1 Å². The Morgan fingerprint density at radius 2 is 2.00 bits per heavy atom. The van der Waals surface area contributed by atoms with Crippen LogP contribution in [0.1, 0.15) is 5.56 Å².